The molecule has 0 spiro atoms. The molecule has 0 saturated heterocycles. The molecule has 0 bridgehead atoms. The third-order valence-corrected chi connectivity index (χ3v) is 3.96. The number of hydrogen-bond donors (Lipinski definition) is 0. The van der Waals surface area contributed by atoms with Crippen LogP contribution >= 0.6 is 15.9 Å². The minimum atomic E-state index is -0.0206. The molecule has 2 rings (SSSR count). The Labute approximate surface area is 133 Å². The Balaban J connectivity index is 2.19. The van der Waals surface area contributed by atoms with Crippen molar-refractivity contribution in [2.75, 3.05) is 14.2 Å². The van der Waals surface area contributed by atoms with Crippen LogP contribution in [0.15, 0.2) is 46.9 Å². The molecule has 0 atom stereocenters. The van der Waals surface area contributed by atoms with Gasteiger partial charge in [0.2, 0.25) is 0 Å². The number of amides is 1. The number of ether oxygens (including phenoxy) is 1. The number of benzene rings is 2. The number of carbonyl (C=O) groups excluding carboxylic acids is 1. The molecular formula is C17H18BrNO2. The molecule has 0 heterocycles. The number of halogens is 1. The topological polar surface area (TPSA) is 29.5 Å². The highest BCUT2D eigenvalue weighted by Gasteiger charge is 2.16. The van der Waals surface area contributed by atoms with Gasteiger partial charge in [0.1, 0.15) is 5.75 Å². The second kappa shape index (κ2) is 6.76. The van der Waals surface area contributed by atoms with Crippen LogP contribution in [0, 0.1) is 6.92 Å². The number of aryl methyl sites for hydroxylation is 1. The van der Waals surface area contributed by atoms with Gasteiger partial charge in [0.05, 0.1) is 12.7 Å². The first-order valence-corrected chi connectivity index (χ1v) is 7.45. The number of carbonyl (C=O) groups is 1. The van der Waals surface area contributed by atoms with Crippen molar-refractivity contribution in [3.63, 3.8) is 0 Å². The molecule has 3 nitrogen and oxygen atoms in total. The fourth-order valence-corrected chi connectivity index (χ4v) is 2.82. The van der Waals surface area contributed by atoms with Gasteiger partial charge >= 0.3 is 0 Å². The van der Waals surface area contributed by atoms with Gasteiger partial charge in [-0.2, -0.15) is 0 Å². The zero-order chi connectivity index (χ0) is 15.4. The molecule has 0 aliphatic rings. The van der Waals surface area contributed by atoms with Gasteiger partial charge in [-0.15, -0.1) is 0 Å². The number of nitrogens with zero attached hydrogens (tertiary/aromatic N) is 1. The molecule has 0 aliphatic carbocycles. The van der Waals surface area contributed by atoms with Gasteiger partial charge in [-0.25, -0.2) is 0 Å². The summed E-state index contributed by atoms with van der Waals surface area (Å²) in [6.45, 7) is 2.50. The summed E-state index contributed by atoms with van der Waals surface area (Å²) in [5, 5.41) is 0. The normalized spacial score (nSPS) is 10.3. The summed E-state index contributed by atoms with van der Waals surface area (Å²) in [4.78, 5) is 14.2. The van der Waals surface area contributed by atoms with Crippen LogP contribution < -0.4 is 4.74 Å². The first kappa shape index (κ1) is 15.6. The van der Waals surface area contributed by atoms with Crippen molar-refractivity contribution < 1.29 is 9.53 Å². The second-order valence-electron chi connectivity index (χ2n) is 4.96. The van der Waals surface area contributed by atoms with E-state index in [1.54, 1.807) is 19.1 Å². The Hall–Kier alpha value is -1.81. The maximum atomic E-state index is 12.5. The second-order valence-corrected chi connectivity index (χ2v) is 5.81. The predicted molar refractivity (Wildman–Crippen MR) is 87.7 cm³/mol. The standard InChI is InChI=1S/C17H18BrNO2/c1-12-8-9-14(15(18)10-12)17(20)19(2)11-13-6-4-5-7-16(13)21-3/h4-10H,11H2,1-3H3. The molecule has 2 aromatic carbocycles. The van der Waals surface area contributed by atoms with Gasteiger partial charge in [-0.1, -0.05) is 24.3 Å². The van der Waals surface area contributed by atoms with Crippen molar-refractivity contribution in [1.29, 1.82) is 0 Å². The van der Waals surface area contributed by atoms with Crippen molar-refractivity contribution in [3.8, 4) is 5.75 Å². The van der Waals surface area contributed by atoms with Gasteiger partial charge in [0, 0.05) is 23.6 Å². The highest BCUT2D eigenvalue weighted by atomic mass is 79.9. The van der Waals surface area contributed by atoms with Gasteiger partial charge in [-0.05, 0) is 46.6 Å². The van der Waals surface area contributed by atoms with E-state index < -0.39 is 0 Å². The maximum absolute atomic E-state index is 12.5. The van der Waals surface area contributed by atoms with E-state index in [4.69, 9.17) is 4.74 Å². The van der Waals surface area contributed by atoms with Crippen LogP contribution in [-0.4, -0.2) is 25.0 Å². The Morgan fingerprint density at radius 1 is 1.24 bits per heavy atom. The van der Waals surface area contributed by atoms with Crippen LogP contribution in [0.2, 0.25) is 0 Å². The Morgan fingerprint density at radius 3 is 2.62 bits per heavy atom. The average molecular weight is 348 g/mol. The first-order valence-electron chi connectivity index (χ1n) is 6.66. The van der Waals surface area contributed by atoms with E-state index in [9.17, 15) is 4.79 Å². The largest absolute Gasteiger partial charge is 0.496 e. The van der Waals surface area contributed by atoms with Crippen molar-refractivity contribution in [3.05, 3.63) is 63.6 Å². The molecule has 1 amide bonds. The monoisotopic (exact) mass is 347 g/mol. The number of rotatable bonds is 4. The van der Waals surface area contributed by atoms with Crippen LogP contribution in [-0.2, 0) is 6.54 Å². The SMILES string of the molecule is COc1ccccc1CN(C)C(=O)c1ccc(C)cc1Br. The van der Waals surface area contributed by atoms with Crippen LogP contribution in [0.1, 0.15) is 21.5 Å². The molecule has 4 heteroatoms. The molecule has 0 unspecified atom stereocenters. The lowest BCUT2D eigenvalue weighted by Gasteiger charge is -2.19. The molecule has 0 fully saturated rings. The minimum Gasteiger partial charge on any atom is -0.496 e. The highest BCUT2D eigenvalue weighted by molar-refractivity contribution is 9.10. The molecule has 0 N–H and O–H groups in total. The molecular weight excluding hydrogens is 330 g/mol. The van der Waals surface area contributed by atoms with Gasteiger partial charge in [0.15, 0.2) is 0 Å². The smallest absolute Gasteiger partial charge is 0.255 e. The third kappa shape index (κ3) is 3.64. The first-order chi connectivity index (χ1) is 10.0. The molecule has 21 heavy (non-hydrogen) atoms. The zero-order valence-electron chi connectivity index (χ0n) is 12.4. The van der Waals surface area contributed by atoms with Crippen molar-refractivity contribution >= 4 is 21.8 Å². The lowest BCUT2D eigenvalue weighted by Crippen LogP contribution is -2.26. The molecule has 0 aliphatic heterocycles. The Bertz CT molecular complexity index is 655. The van der Waals surface area contributed by atoms with Gasteiger partial charge in [0.25, 0.3) is 5.91 Å². The number of methoxy groups -OCH3 is 1. The van der Waals surface area contributed by atoms with E-state index in [0.717, 1.165) is 21.3 Å². The number of hydrogen-bond acceptors (Lipinski definition) is 2. The lowest BCUT2D eigenvalue weighted by molar-refractivity contribution is 0.0783. The summed E-state index contributed by atoms with van der Waals surface area (Å²) >= 11 is 3.46. The molecule has 0 radical (unpaired) electrons. The summed E-state index contributed by atoms with van der Waals surface area (Å²) in [5.41, 5.74) is 2.77. The van der Waals surface area contributed by atoms with Gasteiger partial charge in [-0.3, -0.25) is 4.79 Å². The lowest BCUT2D eigenvalue weighted by atomic mass is 10.1. The predicted octanol–water partition coefficient (Wildman–Crippen LogP) is 4.04. The average Bonchev–Trinajstić information content (AvgIpc) is 2.47. The highest BCUT2D eigenvalue weighted by Crippen LogP contribution is 2.22. The molecule has 110 valence electrons. The quantitative estimate of drug-likeness (QED) is 0.835. The van der Waals surface area contributed by atoms with Crippen molar-refractivity contribution in [2.24, 2.45) is 0 Å². The summed E-state index contributed by atoms with van der Waals surface area (Å²) in [7, 11) is 3.43. The van der Waals surface area contributed by atoms with E-state index >= 15 is 0 Å². The van der Waals surface area contributed by atoms with E-state index in [1.807, 2.05) is 49.4 Å². The van der Waals surface area contributed by atoms with Crippen LogP contribution in [0.25, 0.3) is 0 Å². The summed E-state index contributed by atoms with van der Waals surface area (Å²) in [6, 6.07) is 13.5. The number of para-hydroxylation sites is 1. The van der Waals surface area contributed by atoms with E-state index in [-0.39, 0.29) is 5.91 Å². The summed E-state index contributed by atoms with van der Waals surface area (Å²) < 4.78 is 6.14. The molecule has 2 aromatic rings. The Kier molecular flexibility index (Phi) is 5.02. The van der Waals surface area contributed by atoms with E-state index in [0.29, 0.717) is 12.1 Å². The van der Waals surface area contributed by atoms with Crippen LogP contribution in [0.3, 0.4) is 0 Å². The third-order valence-electron chi connectivity index (χ3n) is 3.30. The van der Waals surface area contributed by atoms with Gasteiger partial charge < -0.3 is 9.64 Å². The van der Waals surface area contributed by atoms with Crippen molar-refractivity contribution in [1.82, 2.24) is 4.90 Å². The summed E-state index contributed by atoms with van der Waals surface area (Å²) in [6.07, 6.45) is 0. The van der Waals surface area contributed by atoms with Crippen LogP contribution in [0.4, 0.5) is 0 Å². The summed E-state index contributed by atoms with van der Waals surface area (Å²) in [5.74, 6) is 0.771. The molecule has 0 aromatic heterocycles. The van der Waals surface area contributed by atoms with Crippen LogP contribution in [0.5, 0.6) is 5.75 Å². The maximum Gasteiger partial charge on any atom is 0.255 e. The van der Waals surface area contributed by atoms with E-state index in [2.05, 4.69) is 15.9 Å². The minimum absolute atomic E-state index is 0.0206. The fraction of sp³-hybridized carbons (Fsp3) is 0.235. The Morgan fingerprint density at radius 2 is 1.95 bits per heavy atom. The van der Waals surface area contributed by atoms with E-state index in [1.165, 1.54) is 0 Å². The zero-order valence-corrected chi connectivity index (χ0v) is 14.0. The van der Waals surface area contributed by atoms with Crippen molar-refractivity contribution in [2.45, 2.75) is 13.5 Å². The fourth-order valence-electron chi connectivity index (χ4n) is 2.16. The molecule has 0 saturated carbocycles.